The van der Waals surface area contributed by atoms with Gasteiger partial charge in [0.2, 0.25) is 0 Å². The molecule has 1 heterocycles. The Morgan fingerprint density at radius 1 is 1.08 bits per heavy atom. The first-order valence-corrected chi connectivity index (χ1v) is 8.87. The third kappa shape index (κ3) is 4.40. The highest BCUT2D eigenvalue weighted by Gasteiger charge is 2.32. The van der Waals surface area contributed by atoms with E-state index >= 15 is 0 Å². The zero-order valence-corrected chi connectivity index (χ0v) is 16.4. The molecule has 0 amide bonds. The molecule has 0 aromatic heterocycles. The Labute approximate surface area is 162 Å². The number of hydrogen-bond donors (Lipinski definition) is 1. The monoisotopic (exact) mass is 382 g/mol. The normalized spacial score (nSPS) is 18.9. The third-order valence-corrected chi connectivity index (χ3v) is 5.33. The van der Waals surface area contributed by atoms with E-state index < -0.39 is 0 Å². The first-order chi connectivity index (χ1) is 11.4. The van der Waals surface area contributed by atoms with Crippen LogP contribution in [0.1, 0.15) is 30.9 Å². The quantitative estimate of drug-likeness (QED) is 0.826. The number of rotatable bonds is 5. The molecule has 3 nitrogen and oxygen atoms in total. The van der Waals surface area contributed by atoms with Crippen molar-refractivity contribution in [1.29, 1.82) is 0 Å². The highest BCUT2D eigenvalue weighted by Crippen LogP contribution is 2.44. The van der Waals surface area contributed by atoms with Gasteiger partial charge in [0.25, 0.3) is 0 Å². The third-order valence-electron chi connectivity index (χ3n) is 5.33. The van der Waals surface area contributed by atoms with Crippen molar-refractivity contribution < 1.29 is 4.74 Å². The summed E-state index contributed by atoms with van der Waals surface area (Å²) >= 11 is 0. The average molecular weight is 383 g/mol. The number of ether oxygens (including phenoxy) is 1. The van der Waals surface area contributed by atoms with Gasteiger partial charge in [-0.3, -0.25) is 4.90 Å². The minimum Gasteiger partial charge on any atom is -0.496 e. The van der Waals surface area contributed by atoms with E-state index in [-0.39, 0.29) is 24.8 Å². The van der Waals surface area contributed by atoms with Crippen LogP contribution < -0.4 is 10.1 Å². The Bertz CT molecular complexity index is 684. The largest absolute Gasteiger partial charge is 0.496 e. The maximum absolute atomic E-state index is 5.78. The molecular formula is C20H28Cl2N2O. The molecule has 1 atom stereocenters. The van der Waals surface area contributed by atoms with Gasteiger partial charge in [-0.2, -0.15) is 0 Å². The first-order valence-electron chi connectivity index (χ1n) is 8.87. The molecule has 1 aliphatic carbocycles. The van der Waals surface area contributed by atoms with Gasteiger partial charge >= 0.3 is 0 Å². The number of fused-ring (bicyclic) bond motifs is 1. The minimum absolute atomic E-state index is 0. The van der Waals surface area contributed by atoms with Crippen LogP contribution >= 0.6 is 24.8 Å². The number of methoxy groups -OCH3 is 1. The molecule has 1 N–H and O–H groups in total. The molecule has 0 radical (unpaired) electrons. The molecule has 2 aliphatic rings. The van der Waals surface area contributed by atoms with Crippen molar-refractivity contribution in [3.8, 4) is 5.75 Å². The van der Waals surface area contributed by atoms with Gasteiger partial charge in [0, 0.05) is 37.8 Å². The van der Waals surface area contributed by atoms with Crippen LogP contribution in [0.3, 0.4) is 0 Å². The Morgan fingerprint density at radius 2 is 1.80 bits per heavy atom. The van der Waals surface area contributed by atoms with E-state index in [1.165, 1.54) is 35.6 Å². The molecule has 1 saturated carbocycles. The molecular weight excluding hydrogens is 355 g/mol. The fourth-order valence-corrected chi connectivity index (χ4v) is 3.91. The molecule has 5 heteroatoms. The second-order valence-corrected chi connectivity index (χ2v) is 6.88. The van der Waals surface area contributed by atoms with E-state index in [0.29, 0.717) is 6.04 Å². The molecule has 1 aliphatic heterocycles. The van der Waals surface area contributed by atoms with Gasteiger partial charge in [0.15, 0.2) is 0 Å². The van der Waals surface area contributed by atoms with Crippen molar-refractivity contribution in [3.05, 3.63) is 42.0 Å². The molecule has 2 aromatic carbocycles. The summed E-state index contributed by atoms with van der Waals surface area (Å²) < 4.78 is 5.78. The standard InChI is InChI=1S/C20H26N2O.2ClH/c1-23-19-9-8-16-4-2-3-5-17(16)20(19)18(14-15-6-7-15)22-12-10-21-11-13-22;;/h2-5,8-9,15,18,21H,6-7,10-14H2,1H3;2*1H/t18-;;/m1../s1. The van der Waals surface area contributed by atoms with Gasteiger partial charge in [-0.05, 0) is 29.2 Å². The fraction of sp³-hybridized carbons (Fsp3) is 0.500. The van der Waals surface area contributed by atoms with Gasteiger partial charge in [-0.15, -0.1) is 24.8 Å². The second-order valence-electron chi connectivity index (χ2n) is 6.88. The molecule has 0 bridgehead atoms. The van der Waals surface area contributed by atoms with Crippen LogP contribution in [0, 0.1) is 5.92 Å². The molecule has 0 spiro atoms. The van der Waals surface area contributed by atoms with Crippen LogP contribution in [0.15, 0.2) is 36.4 Å². The topological polar surface area (TPSA) is 24.5 Å². The summed E-state index contributed by atoms with van der Waals surface area (Å²) in [5, 5.41) is 6.16. The summed E-state index contributed by atoms with van der Waals surface area (Å²) in [4.78, 5) is 2.67. The number of benzene rings is 2. The van der Waals surface area contributed by atoms with E-state index in [1.54, 1.807) is 7.11 Å². The van der Waals surface area contributed by atoms with E-state index in [1.807, 2.05) is 0 Å². The summed E-state index contributed by atoms with van der Waals surface area (Å²) in [6, 6.07) is 13.6. The lowest BCUT2D eigenvalue weighted by Gasteiger charge is -2.36. The van der Waals surface area contributed by atoms with Crippen molar-refractivity contribution in [2.75, 3.05) is 33.3 Å². The van der Waals surface area contributed by atoms with Crippen molar-refractivity contribution >= 4 is 35.6 Å². The van der Waals surface area contributed by atoms with Gasteiger partial charge in [0.1, 0.15) is 5.75 Å². The van der Waals surface area contributed by atoms with Crippen LogP contribution in [0.5, 0.6) is 5.75 Å². The Morgan fingerprint density at radius 3 is 2.48 bits per heavy atom. The first kappa shape index (κ1) is 20.3. The van der Waals surface area contributed by atoms with E-state index in [0.717, 1.165) is 37.8 Å². The summed E-state index contributed by atoms with van der Waals surface area (Å²) in [5.74, 6) is 1.95. The lowest BCUT2D eigenvalue weighted by atomic mass is 9.92. The van der Waals surface area contributed by atoms with Crippen LogP contribution in [-0.4, -0.2) is 38.2 Å². The Hall–Kier alpha value is -1.00. The summed E-state index contributed by atoms with van der Waals surface area (Å²) in [7, 11) is 1.81. The number of nitrogens with one attached hydrogen (secondary N) is 1. The molecule has 2 aromatic rings. The second kappa shape index (κ2) is 9.09. The van der Waals surface area contributed by atoms with Gasteiger partial charge < -0.3 is 10.1 Å². The number of piperazine rings is 1. The molecule has 4 rings (SSSR count). The fourth-order valence-electron chi connectivity index (χ4n) is 3.91. The van der Waals surface area contributed by atoms with Gasteiger partial charge in [-0.25, -0.2) is 0 Å². The SMILES string of the molecule is COc1ccc2ccccc2c1[C@@H](CC1CC1)N1CCNCC1.Cl.Cl. The zero-order valence-electron chi connectivity index (χ0n) is 14.7. The van der Waals surface area contributed by atoms with Gasteiger partial charge in [0.05, 0.1) is 7.11 Å². The molecule has 2 fully saturated rings. The number of hydrogen-bond acceptors (Lipinski definition) is 3. The van der Waals surface area contributed by atoms with Crippen LogP contribution in [0.25, 0.3) is 10.8 Å². The van der Waals surface area contributed by atoms with E-state index in [9.17, 15) is 0 Å². The maximum atomic E-state index is 5.78. The lowest BCUT2D eigenvalue weighted by molar-refractivity contribution is 0.159. The minimum atomic E-state index is 0. The highest BCUT2D eigenvalue weighted by atomic mass is 35.5. The zero-order chi connectivity index (χ0) is 15.6. The summed E-state index contributed by atoms with van der Waals surface area (Å²) in [5.41, 5.74) is 1.40. The van der Waals surface area contributed by atoms with Crippen molar-refractivity contribution in [3.63, 3.8) is 0 Å². The van der Waals surface area contributed by atoms with Crippen molar-refractivity contribution in [2.45, 2.75) is 25.3 Å². The average Bonchev–Trinajstić information content (AvgIpc) is 3.44. The van der Waals surface area contributed by atoms with Crippen LogP contribution in [0.2, 0.25) is 0 Å². The summed E-state index contributed by atoms with van der Waals surface area (Å²) in [6.07, 6.45) is 4.07. The maximum Gasteiger partial charge on any atom is 0.124 e. The van der Waals surface area contributed by atoms with Crippen LogP contribution in [-0.2, 0) is 0 Å². The van der Waals surface area contributed by atoms with Crippen molar-refractivity contribution in [2.24, 2.45) is 5.92 Å². The Kier molecular flexibility index (Phi) is 7.38. The smallest absolute Gasteiger partial charge is 0.124 e. The predicted octanol–water partition coefficient (Wildman–Crippen LogP) is 4.44. The van der Waals surface area contributed by atoms with E-state index in [4.69, 9.17) is 4.74 Å². The predicted molar refractivity (Wildman–Crippen MR) is 110 cm³/mol. The number of nitrogens with zero attached hydrogens (tertiary/aromatic N) is 1. The van der Waals surface area contributed by atoms with E-state index in [2.05, 4.69) is 46.6 Å². The number of halogens is 2. The molecule has 1 saturated heterocycles. The molecule has 0 unspecified atom stereocenters. The molecule has 25 heavy (non-hydrogen) atoms. The Balaban J connectivity index is 0.00000113. The van der Waals surface area contributed by atoms with Gasteiger partial charge in [-0.1, -0.05) is 43.2 Å². The van der Waals surface area contributed by atoms with Crippen molar-refractivity contribution in [1.82, 2.24) is 10.2 Å². The highest BCUT2D eigenvalue weighted by molar-refractivity contribution is 5.88. The summed E-state index contributed by atoms with van der Waals surface area (Å²) in [6.45, 7) is 4.44. The van der Waals surface area contributed by atoms with Crippen LogP contribution in [0.4, 0.5) is 0 Å². The lowest BCUT2D eigenvalue weighted by Crippen LogP contribution is -2.45. The molecule has 138 valence electrons.